The van der Waals surface area contributed by atoms with Crippen molar-refractivity contribution in [3.63, 3.8) is 0 Å². The second-order valence-corrected chi connectivity index (χ2v) is 10.4. The summed E-state index contributed by atoms with van der Waals surface area (Å²) >= 11 is 0. The summed E-state index contributed by atoms with van der Waals surface area (Å²) in [6.07, 6.45) is 2.00. The lowest BCUT2D eigenvalue weighted by Crippen LogP contribution is -2.51. The first-order valence-corrected chi connectivity index (χ1v) is 13.9. The van der Waals surface area contributed by atoms with Gasteiger partial charge in [0.15, 0.2) is 0 Å². The Morgan fingerprint density at radius 3 is 2.52 bits per heavy atom. The topological polar surface area (TPSA) is 108 Å². The number of nitrogens with zero attached hydrogens (tertiary/aromatic N) is 6. The van der Waals surface area contributed by atoms with Gasteiger partial charge in [-0.15, -0.1) is 10.2 Å². The Kier molecular flexibility index (Phi) is 8.71. The van der Waals surface area contributed by atoms with Gasteiger partial charge in [0, 0.05) is 50.6 Å². The van der Waals surface area contributed by atoms with E-state index in [4.69, 9.17) is 5.11 Å². The number of aliphatic carboxylic acids is 1. The highest BCUT2D eigenvalue weighted by molar-refractivity contribution is 5.68. The van der Waals surface area contributed by atoms with Gasteiger partial charge < -0.3 is 15.1 Å². The summed E-state index contributed by atoms with van der Waals surface area (Å²) in [6.45, 7) is 6.33. The molecule has 5 rings (SSSR count). The predicted molar refractivity (Wildman–Crippen MR) is 154 cm³/mol. The minimum atomic E-state index is -0.795. The van der Waals surface area contributed by atoms with E-state index in [9.17, 15) is 9.90 Å². The lowest BCUT2D eigenvalue weighted by atomic mass is 9.96. The molecule has 9 heteroatoms. The van der Waals surface area contributed by atoms with Crippen LogP contribution in [-0.2, 0) is 24.3 Å². The van der Waals surface area contributed by atoms with Crippen molar-refractivity contribution in [2.75, 3.05) is 24.5 Å². The van der Waals surface area contributed by atoms with E-state index in [0.29, 0.717) is 37.4 Å². The van der Waals surface area contributed by atoms with E-state index >= 15 is 0 Å². The predicted octanol–water partition coefficient (Wildman–Crippen LogP) is 4.60. The van der Waals surface area contributed by atoms with Crippen LogP contribution in [0.15, 0.2) is 72.8 Å². The molecule has 0 radical (unpaired) electrons. The van der Waals surface area contributed by atoms with Crippen molar-refractivity contribution in [2.45, 2.75) is 51.7 Å². The minimum absolute atomic E-state index is 0.136. The summed E-state index contributed by atoms with van der Waals surface area (Å²) in [4.78, 5) is 17.1. The number of para-hydroxylation sites is 1. The maximum absolute atomic E-state index is 11.0. The summed E-state index contributed by atoms with van der Waals surface area (Å²) in [5.74, 6) is 0.0399. The molecule has 40 heavy (non-hydrogen) atoms. The van der Waals surface area contributed by atoms with E-state index in [1.165, 1.54) is 10.4 Å². The number of hydrogen-bond donors (Lipinski definition) is 2. The molecular weight excluding hydrogens is 504 g/mol. The molecule has 4 aromatic rings. The molecule has 9 nitrogen and oxygen atoms in total. The number of aryl methyl sites for hydroxylation is 1. The first kappa shape index (κ1) is 27.3. The Hall–Kier alpha value is -4.24. The molecule has 2 N–H and O–H groups in total. The van der Waals surface area contributed by atoms with E-state index in [0.717, 1.165) is 48.6 Å². The standard InChI is InChI=1S/C31H36N6O3/c1-23-21-35(22-24-10-3-2-4-11-24)18-19-36(23)30-26(13-9-15-28(30)38)20-25-12-5-6-14-27(25)31-32-34-37(33-31)17-8-7-16-29(39)40/h2-6,9-15,23,38H,7-8,16-22H2,1H3,(H,39,40)/t23-/m0/s1. The van der Waals surface area contributed by atoms with Gasteiger partial charge in [-0.05, 0) is 47.7 Å². The fraction of sp³-hybridized carbons (Fsp3) is 0.355. The van der Waals surface area contributed by atoms with Gasteiger partial charge in [-0.2, -0.15) is 4.80 Å². The second-order valence-electron chi connectivity index (χ2n) is 10.4. The highest BCUT2D eigenvalue weighted by atomic mass is 16.4. The Labute approximate surface area is 234 Å². The van der Waals surface area contributed by atoms with Crippen molar-refractivity contribution in [3.05, 3.63) is 89.5 Å². The smallest absolute Gasteiger partial charge is 0.303 e. The molecule has 1 aliphatic rings. The average molecular weight is 541 g/mol. The fourth-order valence-electron chi connectivity index (χ4n) is 5.48. The van der Waals surface area contributed by atoms with Gasteiger partial charge in [0.25, 0.3) is 0 Å². The molecule has 2 heterocycles. The molecule has 1 fully saturated rings. The quantitative estimate of drug-likeness (QED) is 0.266. The van der Waals surface area contributed by atoms with E-state index in [-0.39, 0.29) is 12.5 Å². The van der Waals surface area contributed by atoms with Crippen molar-refractivity contribution in [1.29, 1.82) is 0 Å². The van der Waals surface area contributed by atoms with Gasteiger partial charge in [-0.3, -0.25) is 9.69 Å². The van der Waals surface area contributed by atoms with Gasteiger partial charge in [-0.1, -0.05) is 66.7 Å². The Morgan fingerprint density at radius 2 is 1.73 bits per heavy atom. The number of rotatable bonds is 11. The van der Waals surface area contributed by atoms with Crippen LogP contribution in [0.4, 0.5) is 5.69 Å². The average Bonchev–Trinajstić information content (AvgIpc) is 3.42. The molecule has 1 saturated heterocycles. The molecule has 1 aliphatic heterocycles. The van der Waals surface area contributed by atoms with Gasteiger partial charge in [0.2, 0.25) is 5.82 Å². The number of hydrogen-bond acceptors (Lipinski definition) is 7. The van der Waals surface area contributed by atoms with Crippen molar-refractivity contribution in [3.8, 4) is 17.1 Å². The lowest BCUT2D eigenvalue weighted by Gasteiger charge is -2.42. The molecule has 1 atom stereocenters. The zero-order valence-corrected chi connectivity index (χ0v) is 22.9. The van der Waals surface area contributed by atoms with E-state index in [1.54, 1.807) is 6.07 Å². The number of carboxylic acid groups (broad SMARTS) is 1. The number of piperazine rings is 1. The van der Waals surface area contributed by atoms with Crippen LogP contribution in [0.2, 0.25) is 0 Å². The third kappa shape index (κ3) is 6.66. The summed E-state index contributed by atoms with van der Waals surface area (Å²) in [5, 5.41) is 32.9. The van der Waals surface area contributed by atoms with Gasteiger partial charge >= 0.3 is 5.97 Å². The first-order valence-electron chi connectivity index (χ1n) is 13.9. The van der Waals surface area contributed by atoms with Crippen LogP contribution >= 0.6 is 0 Å². The molecule has 0 amide bonds. The number of unbranched alkanes of at least 4 members (excludes halogenated alkanes) is 1. The van der Waals surface area contributed by atoms with Crippen molar-refractivity contribution < 1.29 is 15.0 Å². The monoisotopic (exact) mass is 540 g/mol. The normalized spacial score (nSPS) is 15.8. The van der Waals surface area contributed by atoms with Gasteiger partial charge in [0.05, 0.1) is 12.2 Å². The molecule has 0 aliphatic carbocycles. The molecule has 0 spiro atoms. The lowest BCUT2D eigenvalue weighted by molar-refractivity contribution is -0.137. The van der Waals surface area contributed by atoms with Gasteiger partial charge in [0.1, 0.15) is 5.75 Å². The van der Waals surface area contributed by atoms with Crippen LogP contribution in [0.3, 0.4) is 0 Å². The molecule has 0 saturated carbocycles. The third-order valence-corrected chi connectivity index (χ3v) is 7.44. The molecule has 1 aromatic heterocycles. The second kappa shape index (κ2) is 12.7. The van der Waals surface area contributed by atoms with Crippen LogP contribution in [0.5, 0.6) is 5.75 Å². The van der Waals surface area contributed by atoms with Crippen LogP contribution in [0.25, 0.3) is 11.4 Å². The Morgan fingerprint density at radius 1 is 0.950 bits per heavy atom. The Bertz CT molecular complexity index is 1420. The SMILES string of the molecule is C[C@H]1CN(Cc2ccccc2)CCN1c1c(O)cccc1Cc1ccccc1-c1nnn(CCCCC(=O)O)n1. The number of carboxylic acids is 1. The summed E-state index contributed by atoms with van der Waals surface area (Å²) in [7, 11) is 0. The maximum Gasteiger partial charge on any atom is 0.303 e. The van der Waals surface area contributed by atoms with Crippen LogP contribution in [0, 0.1) is 0 Å². The summed E-state index contributed by atoms with van der Waals surface area (Å²) < 4.78 is 0. The van der Waals surface area contributed by atoms with Crippen LogP contribution in [0.1, 0.15) is 42.9 Å². The largest absolute Gasteiger partial charge is 0.506 e. The highest BCUT2D eigenvalue weighted by Crippen LogP contribution is 2.36. The van der Waals surface area contributed by atoms with Crippen LogP contribution < -0.4 is 4.90 Å². The van der Waals surface area contributed by atoms with Crippen molar-refractivity contribution in [2.24, 2.45) is 0 Å². The molecular formula is C31H36N6O3. The first-order chi connectivity index (χ1) is 19.5. The zero-order chi connectivity index (χ0) is 27.9. The number of carbonyl (C=O) groups is 1. The highest BCUT2D eigenvalue weighted by Gasteiger charge is 2.27. The van der Waals surface area contributed by atoms with E-state index < -0.39 is 5.97 Å². The number of benzene rings is 3. The third-order valence-electron chi connectivity index (χ3n) is 7.44. The molecule has 0 unspecified atom stereocenters. The van der Waals surface area contributed by atoms with Crippen LogP contribution in [-0.4, -0.2) is 67.0 Å². The van der Waals surface area contributed by atoms with Crippen molar-refractivity contribution >= 4 is 11.7 Å². The number of aromatic nitrogens is 4. The zero-order valence-electron chi connectivity index (χ0n) is 22.9. The molecule has 3 aromatic carbocycles. The van der Waals surface area contributed by atoms with Crippen molar-refractivity contribution in [1.82, 2.24) is 25.1 Å². The number of aromatic hydroxyl groups is 1. The molecule has 208 valence electrons. The number of tetrazole rings is 1. The number of anilines is 1. The Balaban J connectivity index is 1.32. The number of phenols is 1. The summed E-state index contributed by atoms with van der Waals surface area (Å²) in [5.41, 5.74) is 5.20. The minimum Gasteiger partial charge on any atom is -0.506 e. The maximum atomic E-state index is 11.0. The fourth-order valence-corrected chi connectivity index (χ4v) is 5.48. The van der Waals surface area contributed by atoms with E-state index in [2.05, 4.69) is 68.5 Å². The van der Waals surface area contributed by atoms with Gasteiger partial charge in [-0.25, -0.2) is 0 Å². The van der Waals surface area contributed by atoms with E-state index in [1.807, 2.05) is 30.3 Å². The number of phenolic OH excluding ortho intramolecular Hbond substituents is 1. The summed E-state index contributed by atoms with van der Waals surface area (Å²) in [6, 6.07) is 24.6. The molecule has 0 bridgehead atoms.